The van der Waals surface area contributed by atoms with Crippen molar-refractivity contribution in [1.82, 2.24) is 14.8 Å². The third kappa shape index (κ3) is 6.27. The van der Waals surface area contributed by atoms with Gasteiger partial charge in [-0.25, -0.2) is 14.7 Å². The van der Waals surface area contributed by atoms with Crippen LogP contribution in [0.25, 0.3) is 17.1 Å². The molecule has 196 valence electrons. The Bertz CT molecular complexity index is 1440. The molecule has 8 nitrogen and oxygen atoms in total. The van der Waals surface area contributed by atoms with Crippen LogP contribution in [0.3, 0.4) is 0 Å². The Morgan fingerprint density at radius 1 is 1.03 bits per heavy atom. The van der Waals surface area contributed by atoms with E-state index < -0.39 is 6.36 Å². The Labute approximate surface area is 222 Å². The molecule has 0 atom stereocenters. The number of anilines is 1. The number of thiocarbonyl (C=S) groups is 1. The van der Waals surface area contributed by atoms with Gasteiger partial charge in [-0.05, 0) is 79.2 Å². The molecule has 2 N–H and O–H groups in total. The van der Waals surface area contributed by atoms with Crippen LogP contribution >= 0.6 is 12.2 Å². The highest BCUT2D eigenvalue weighted by atomic mass is 32.1. The van der Waals surface area contributed by atoms with Crippen LogP contribution in [0.4, 0.5) is 18.9 Å². The van der Waals surface area contributed by atoms with Gasteiger partial charge in [0.1, 0.15) is 17.8 Å². The number of aromatic nitrogens is 3. The first-order valence-corrected chi connectivity index (χ1v) is 11.6. The molecule has 3 aromatic carbocycles. The normalized spacial score (nSPS) is 11.5. The average Bonchev–Trinajstić information content (AvgIpc) is 3.35. The van der Waals surface area contributed by atoms with E-state index in [0.717, 1.165) is 33.7 Å². The van der Waals surface area contributed by atoms with E-state index in [9.17, 15) is 13.2 Å². The molecule has 0 aliphatic carbocycles. The van der Waals surface area contributed by atoms with Gasteiger partial charge in [0.15, 0.2) is 10.9 Å². The lowest BCUT2D eigenvalue weighted by molar-refractivity contribution is -0.274. The molecule has 12 heteroatoms. The summed E-state index contributed by atoms with van der Waals surface area (Å²) in [6.45, 7) is 3.86. The Morgan fingerprint density at radius 2 is 1.66 bits per heavy atom. The maximum atomic E-state index is 12.4. The molecule has 0 spiro atoms. The Morgan fingerprint density at radius 3 is 2.21 bits per heavy atom. The summed E-state index contributed by atoms with van der Waals surface area (Å²) in [4.78, 5) is 4.30. The Balaban J connectivity index is 1.50. The number of alkyl halides is 3. The summed E-state index contributed by atoms with van der Waals surface area (Å²) in [7, 11) is 1.61. The zero-order valence-corrected chi connectivity index (χ0v) is 21.4. The number of halogens is 3. The van der Waals surface area contributed by atoms with Crippen molar-refractivity contribution in [3.8, 4) is 28.6 Å². The fourth-order valence-electron chi connectivity index (χ4n) is 3.76. The highest BCUT2D eigenvalue weighted by molar-refractivity contribution is 7.80. The molecule has 1 heterocycles. The van der Waals surface area contributed by atoms with Gasteiger partial charge in [-0.3, -0.25) is 0 Å². The molecule has 0 radical (unpaired) electrons. The molecule has 0 aliphatic rings. The minimum atomic E-state index is -4.75. The van der Waals surface area contributed by atoms with Crippen molar-refractivity contribution in [3.63, 3.8) is 0 Å². The predicted molar refractivity (Wildman–Crippen MR) is 143 cm³/mol. The van der Waals surface area contributed by atoms with Crippen molar-refractivity contribution in [2.45, 2.75) is 20.2 Å². The van der Waals surface area contributed by atoms with Crippen LogP contribution in [0.1, 0.15) is 16.7 Å². The van der Waals surface area contributed by atoms with Crippen LogP contribution in [0, 0.1) is 13.8 Å². The van der Waals surface area contributed by atoms with Gasteiger partial charge in [-0.2, -0.15) is 5.10 Å². The molecule has 4 aromatic rings. The SMILES string of the molecule is COc1cc(C)c(N(/N=C/c2ccc(-c3ncn(-c4ccc(OC(F)(F)F)cc4)n3)cc2)C(N)=S)c(C)c1. The van der Waals surface area contributed by atoms with Crippen molar-refractivity contribution in [2.24, 2.45) is 10.8 Å². The molecule has 0 fully saturated rings. The fraction of sp³-hybridized carbons (Fsp3) is 0.154. The lowest BCUT2D eigenvalue weighted by Gasteiger charge is -2.22. The van der Waals surface area contributed by atoms with E-state index in [1.807, 2.05) is 50.2 Å². The Hall–Kier alpha value is -4.45. The lowest BCUT2D eigenvalue weighted by Crippen LogP contribution is -2.32. The zero-order valence-electron chi connectivity index (χ0n) is 20.6. The van der Waals surface area contributed by atoms with E-state index in [1.165, 1.54) is 40.3 Å². The monoisotopic (exact) mass is 540 g/mol. The van der Waals surface area contributed by atoms with E-state index in [-0.39, 0.29) is 10.9 Å². The van der Waals surface area contributed by atoms with Crippen molar-refractivity contribution >= 4 is 29.2 Å². The van der Waals surface area contributed by atoms with E-state index in [4.69, 9.17) is 22.7 Å². The molecule has 0 aliphatic heterocycles. The van der Waals surface area contributed by atoms with Gasteiger partial charge in [0, 0.05) is 5.56 Å². The minimum Gasteiger partial charge on any atom is -0.497 e. The molecular weight excluding hydrogens is 517 g/mol. The quantitative estimate of drug-likeness (QED) is 0.187. The molecule has 0 bridgehead atoms. The summed E-state index contributed by atoms with van der Waals surface area (Å²) in [5.74, 6) is 0.859. The molecule has 0 saturated heterocycles. The summed E-state index contributed by atoms with van der Waals surface area (Å²) in [5, 5.41) is 10.5. The second-order valence-electron chi connectivity index (χ2n) is 8.18. The Kier molecular flexibility index (Phi) is 7.62. The van der Waals surface area contributed by atoms with Gasteiger partial charge in [0.25, 0.3) is 0 Å². The van der Waals surface area contributed by atoms with E-state index in [0.29, 0.717) is 11.5 Å². The highest BCUT2D eigenvalue weighted by Gasteiger charge is 2.31. The van der Waals surface area contributed by atoms with Crippen molar-refractivity contribution in [2.75, 3.05) is 12.1 Å². The van der Waals surface area contributed by atoms with Gasteiger partial charge in [0.2, 0.25) is 0 Å². The van der Waals surface area contributed by atoms with E-state index >= 15 is 0 Å². The third-order valence-corrected chi connectivity index (χ3v) is 5.61. The maximum absolute atomic E-state index is 12.4. The van der Waals surface area contributed by atoms with E-state index in [2.05, 4.69) is 19.9 Å². The summed E-state index contributed by atoms with van der Waals surface area (Å²) in [6.07, 6.45) is -1.63. The standard InChI is InChI=1S/C26H23F3N6O2S/c1-16-12-22(36-3)13-17(2)23(16)35(25(30)38)32-14-18-4-6-19(7-5-18)24-31-15-34(33-24)20-8-10-21(11-9-20)37-26(27,28)29/h4-15H,1-3H3,(H2,30,38)/b32-14+. The number of aryl methyl sites for hydroxylation is 2. The molecule has 0 unspecified atom stereocenters. The summed E-state index contributed by atoms with van der Waals surface area (Å²) in [6, 6.07) is 16.4. The third-order valence-electron chi connectivity index (χ3n) is 5.44. The van der Waals surface area contributed by atoms with Crippen LogP contribution in [0.5, 0.6) is 11.5 Å². The second-order valence-corrected chi connectivity index (χ2v) is 8.60. The number of hydrazone groups is 1. The van der Waals surface area contributed by atoms with Crippen LogP contribution in [0.15, 0.2) is 72.1 Å². The highest BCUT2D eigenvalue weighted by Crippen LogP contribution is 2.30. The van der Waals surface area contributed by atoms with Crippen LogP contribution in [0.2, 0.25) is 0 Å². The van der Waals surface area contributed by atoms with Crippen molar-refractivity contribution in [3.05, 3.63) is 83.7 Å². The topological polar surface area (TPSA) is 90.8 Å². The molecule has 38 heavy (non-hydrogen) atoms. The number of hydrogen-bond acceptors (Lipinski definition) is 6. The predicted octanol–water partition coefficient (Wildman–Crippen LogP) is 5.54. The summed E-state index contributed by atoms with van der Waals surface area (Å²) < 4.78 is 47.8. The summed E-state index contributed by atoms with van der Waals surface area (Å²) >= 11 is 5.24. The number of nitrogens with two attached hydrogens (primary N) is 1. The first-order chi connectivity index (χ1) is 18.0. The van der Waals surface area contributed by atoms with Crippen LogP contribution in [-0.4, -0.2) is 39.6 Å². The fourth-order valence-corrected chi connectivity index (χ4v) is 3.89. The maximum Gasteiger partial charge on any atom is 0.573 e. The number of rotatable bonds is 7. The van der Waals surface area contributed by atoms with Crippen LogP contribution < -0.4 is 20.2 Å². The molecule has 1 aromatic heterocycles. The van der Waals surface area contributed by atoms with Gasteiger partial charge in [-0.1, -0.05) is 24.3 Å². The van der Waals surface area contributed by atoms with Crippen molar-refractivity contribution in [1.29, 1.82) is 0 Å². The number of methoxy groups -OCH3 is 1. The lowest BCUT2D eigenvalue weighted by atomic mass is 10.1. The number of hydrogen-bond donors (Lipinski definition) is 1. The molecule has 0 amide bonds. The van der Waals surface area contributed by atoms with Gasteiger partial charge >= 0.3 is 6.36 Å². The van der Waals surface area contributed by atoms with Gasteiger partial charge in [0.05, 0.1) is 24.7 Å². The van der Waals surface area contributed by atoms with E-state index in [1.54, 1.807) is 13.3 Å². The zero-order chi connectivity index (χ0) is 27.4. The first kappa shape index (κ1) is 26.6. The number of benzene rings is 3. The second kappa shape index (κ2) is 10.9. The summed E-state index contributed by atoms with van der Waals surface area (Å²) in [5.41, 5.74) is 10.6. The van der Waals surface area contributed by atoms with Crippen molar-refractivity contribution < 1.29 is 22.6 Å². The number of ether oxygens (including phenoxy) is 2. The molecule has 0 saturated carbocycles. The average molecular weight is 541 g/mol. The molecule has 4 rings (SSSR count). The first-order valence-electron chi connectivity index (χ1n) is 11.2. The molecular formula is C26H23F3N6O2S. The van der Waals surface area contributed by atoms with Gasteiger partial charge < -0.3 is 15.2 Å². The minimum absolute atomic E-state index is 0.0991. The van der Waals surface area contributed by atoms with Crippen LogP contribution in [-0.2, 0) is 0 Å². The number of nitrogens with zero attached hydrogens (tertiary/aromatic N) is 5. The smallest absolute Gasteiger partial charge is 0.497 e. The largest absolute Gasteiger partial charge is 0.573 e. The van der Waals surface area contributed by atoms with Gasteiger partial charge in [-0.15, -0.1) is 18.3 Å².